The van der Waals surface area contributed by atoms with Gasteiger partial charge in [-0.25, -0.2) is 4.79 Å². The number of carbonyl (C=O) groups is 2. The SMILES string of the molecule is C=O.CC.CC(CCN1CCCCC1)NC(=O)OC(C)(C)C. The Labute approximate surface area is 136 Å². The molecule has 1 amide bonds. The van der Waals surface area contributed by atoms with Crippen LogP contribution in [0.1, 0.15) is 67.2 Å². The summed E-state index contributed by atoms with van der Waals surface area (Å²) in [6.07, 6.45) is 4.66. The summed E-state index contributed by atoms with van der Waals surface area (Å²) < 4.78 is 5.24. The molecule has 0 aromatic rings. The van der Waals surface area contributed by atoms with Gasteiger partial charge in [-0.3, -0.25) is 0 Å². The molecule has 1 N–H and O–H groups in total. The van der Waals surface area contributed by atoms with Crippen LogP contribution in [0.4, 0.5) is 4.79 Å². The van der Waals surface area contributed by atoms with Crippen molar-refractivity contribution in [1.82, 2.24) is 10.2 Å². The zero-order valence-corrected chi connectivity index (χ0v) is 15.4. The topological polar surface area (TPSA) is 58.6 Å². The highest BCUT2D eigenvalue weighted by atomic mass is 16.6. The van der Waals surface area contributed by atoms with Gasteiger partial charge in [0.15, 0.2) is 0 Å². The summed E-state index contributed by atoms with van der Waals surface area (Å²) >= 11 is 0. The van der Waals surface area contributed by atoms with Gasteiger partial charge in [-0.15, -0.1) is 0 Å². The molecule has 1 atom stereocenters. The summed E-state index contributed by atoms with van der Waals surface area (Å²) in [5.41, 5.74) is -0.420. The number of likely N-dealkylation sites (tertiary alicyclic amines) is 1. The van der Waals surface area contributed by atoms with Crippen molar-refractivity contribution in [1.29, 1.82) is 0 Å². The van der Waals surface area contributed by atoms with E-state index in [1.54, 1.807) is 0 Å². The zero-order valence-electron chi connectivity index (χ0n) is 15.4. The molecule has 0 aromatic carbocycles. The molecule has 132 valence electrons. The second kappa shape index (κ2) is 13.6. The van der Waals surface area contributed by atoms with E-state index in [4.69, 9.17) is 9.53 Å². The molecule has 22 heavy (non-hydrogen) atoms. The molecule has 0 aromatic heterocycles. The standard InChI is InChI=1S/C14H28N2O2.C2H6.CH2O/c1-12(15-13(17)18-14(2,3)4)8-11-16-9-6-5-7-10-16;2*1-2/h12H,5-11H2,1-4H3,(H,15,17);1-2H3;1H2. The number of nitrogens with zero attached hydrogens (tertiary/aromatic N) is 1. The maximum Gasteiger partial charge on any atom is 0.407 e. The fraction of sp³-hybridized carbons (Fsp3) is 0.882. The predicted octanol–water partition coefficient (Wildman–Crippen LogP) is 3.62. The number of nitrogens with one attached hydrogen (secondary N) is 1. The lowest BCUT2D eigenvalue weighted by Crippen LogP contribution is -2.40. The largest absolute Gasteiger partial charge is 0.444 e. The van der Waals surface area contributed by atoms with Gasteiger partial charge in [-0.2, -0.15) is 0 Å². The third-order valence-corrected chi connectivity index (χ3v) is 3.09. The lowest BCUT2D eigenvalue weighted by atomic mass is 10.1. The minimum Gasteiger partial charge on any atom is -0.444 e. The molecule has 5 nitrogen and oxygen atoms in total. The predicted molar refractivity (Wildman–Crippen MR) is 92.2 cm³/mol. The Morgan fingerprint density at radius 2 is 1.68 bits per heavy atom. The van der Waals surface area contributed by atoms with Crippen LogP contribution in [0.25, 0.3) is 0 Å². The Kier molecular flexibility index (Phi) is 14.3. The van der Waals surface area contributed by atoms with Crippen molar-refractivity contribution >= 4 is 12.9 Å². The second-order valence-electron chi connectivity index (χ2n) is 6.24. The Morgan fingerprint density at radius 3 is 2.14 bits per heavy atom. The van der Waals surface area contributed by atoms with Crippen LogP contribution in [0.3, 0.4) is 0 Å². The number of hydrogen-bond donors (Lipinski definition) is 1. The van der Waals surface area contributed by atoms with Crippen LogP contribution in [0.2, 0.25) is 0 Å². The zero-order chi connectivity index (χ0) is 17.6. The molecule has 1 fully saturated rings. The van der Waals surface area contributed by atoms with E-state index in [2.05, 4.69) is 10.2 Å². The van der Waals surface area contributed by atoms with E-state index < -0.39 is 5.60 Å². The van der Waals surface area contributed by atoms with E-state index >= 15 is 0 Å². The van der Waals surface area contributed by atoms with Crippen molar-refractivity contribution in [2.75, 3.05) is 19.6 Å². The van der Waals surface area contributed by atoms with Crippen LogP contribution >= 0.6 is 0 Å². The summed E-state index contributed by atoms with van der Waals surface area (Å²) in [7, 11) is 0. The van der Waals surface area contributed by atoms with E-state index in [0.717, 1.165) is 13.0 Å². The van der Waals surface area contributed by atoms with E-state index in [1.165, 1.54) is 32.4 Å². The second-order valence-corrected chi connectivity index (χ2v) is 6.24. The van der Waals surface area contributed by atoms with E-state index in [9.17, 15) is 4.79 Å². The summed E-state index contributed by atoms with van der Waals surface area (Å²) in [5, 5.41) is 2.89. The van der Waals surface area contributed by atoms with Crippen LogP contribution in [0.5, 0.6) is 0 Å². The van der Waals surface area contributed by atoms with E-state index in [-0.39, 0.29) is 12.1 Å². The van der Waals surface area contributed by atoms with Crippen LogP contribution in [0.15, 0.2) is 0 Å². The van der Waals surface area contributed by atoms with Crippen LogP contribution in [0, 0.1) is 0 Å². The van der Waals surface area contributed by atoms with Crippen molar-refractivity contribution in [2.24, 2.45) is 0 Å². The van der Waals surface area contributed by atoms with Crippen LogP contribution in [-0.2, 0) is 9.53 Å². The molecule has 1 aliphatic rings. The molecule has 0 aliphatic carbocycles. The van der Waals surface area contributed by atoms with Gasteiger partial charge in [0, 0.05) is 12.6 Å². The number of rotatable bonds is 4. The smallest absolute Gasteiger partial charge is 0.407 e. The minimum atomic E-state index is -0.420. The monoisotopic (exact) mass is 316 g/mol. The van der Waals surface area contributed by atoms with Crippen molar-refractivity contribution < 1.29 is 14.3 Å². The molecule has 1 aliphatic heterocycles. The Morgan fingerprint density at radius 1 is 1.18 bits per heavy atom. The first-order valence-electron chi connectivity index (χ1n) is 8.37. The number of ether oxygens (including phenoxy) is 1. The highest BCUT2D eigenvalue weighted by Gasteiger charge is 2.18. The molecule has 0 radical (unpaired) electrons. The summed E-state index contributed by atoms with van der Waals surface area (Å²) in [4.78, 5) is 22.1. The molecule has 0 bridgehead atoms. The molecule has 0 saturated carbocycles. The van der Waals surface area contributed by atoms with Crippen molar-refractivity contribution in [3.05, 3.63) is 0 Å². The van der Waals surface area contributed by atoms with Gasteiger partial charge in [-0.1, -0.05) is 20.3 Å². The number of amides is 1. The van der Waals surface area contributed by atoms with Gasteiger partial charge < -0.3 is 19.7 Å². The van der Waals surface area contributed by atoms with E-state index in [0.29, 0.717) is 0 Å². The van der Waals surface area contributed by atoms with Gasteiger partial charge >= 0.3 is 6.09 Å². The lowest BCUT2D eigenvalue weighted by Gasteiger charge is -2.28. The normalized spacial score (nSPS) is 16.3. The Hall–Kier alpha value is -1.10. The Bertz CT molecular complexity index is 272. The van der Waals surface area contributed by atoms with Crippen LogP contribution in [-0.4, -0.2) is 49.1 Å². The number of hydrogen-bond acceptors (Lipinski definition) is 4. The molecular formula is C17H36N2O3. The first kappa shape index (κ1) is 23.2. The number of piperidine rings is 1. The molecule has 1 rings (SSSR count). The third-order valence-electron chi connectivity index (χ3n) is 3.09. The fourth-order valence-corrected chi connectivity index (χ4v) is 2.14. The maximum atomic E-state index is 11.6. The molecule has 1 saturated heterocycles. The van der Waals surface area contributed by atoms with E-state index in [1.807, 2.05) is 48.3 Å². The quantitative estimate of drug-likeness (QED) is 0.860. The molecular weight excluding hydrogens is 280 g/mol. The first-order valence-corrected chi connectivity index (χ1v) is 8.37. The Balaban J connectivity index is 0. The number of carbonyl (C=O) groups excluding carboxylic acids is 2. The molecule has 5 heteroatoms. The summed E-state index contributed by atoms with van der Waals surface area (Å²) in [6.45, 7) is 17.2. The highest BCUT2D eigenvalue weighted by molar-refractivity contribution is 5.67. The summed E-state index contributed by atoms with van der Waals surface area (Å²) in [5.74, 6) is 0. The fourth-order valence-electron chi connectivity index (χ4n) is 2.14. The number of alkyl carbamates (subject to hydrolysis) is 1. The molecule has 1 heterocycles. The summed E-state index contributed by atoms with van der Waals surface area (Å²) in [6, 6.07) is 0.168. The van der Waals surface area contributed by atoms with Gasteiger partial charge in [0.2, 0.25) is 0 Å². The molecule has 0 spiro atoms. The average Bonchev–Trinajstić information content (AvgIpc) is 2.48. The van der Waals surface area contributed by atoms with Gasteiger partial charge in [0.1, 0.15) is 12.4 Å². The van der Waals surface area contributed by atoms with Crippen molar-refractivity contribution in [2.45, 2.75) is 78.9 Å². The molecule has 1 unspecified atom stereocenters. The highest BCUT2D eigenvalue weighted by Crippen LogP contribution is 2.10. The van der Waals surface area contributed by atoms with Crippen molar-refractivity contribution in [3.8, 4) is 0 Å². The first-order chi connectivity index (χ1) is 10.4. The van der Waals surface area contributed by atoms with Gasteiger partial charge in [0.05, 0.1) is 0 Å². The average molecular weight is 316 g/mol. The third kappa shape index (κ3) is 13.9. The van der Waals surface area contributed by atoms with Gasteiger partial charge in [0.25, 0.3) is 0 Å². The van der Waals surface area contributed by atoms with Crippen LogP contribution < -0.4 is 5.32 Å². The lowest BCUT2D eigenvalue weighted by molar-refractivity contribution is -0.0980. The maximum absolute atomic E-state index is 11.6. The minimum absolute atomic E-state index is 0.168. The van der Waals surface area contributed by atoms with Gasteiger partial charge in [-0.05, 0) is 60.0 Å². The van der Waals surface area contributed by atoms with Crippen molar-refractivity contribution in [3.63, 3.8) is 0 Å².